The molecule has 2 heterocycles. The van der Waals surface area contributed by atoms with E-state index in [9.17, 15) is 4.79 Å². The second-order valence-electron chi connectivity index (χ2n) is 6.86. The van der Waals surface area contributed by atoms with Gasteiger partial charge in [-0.25, -0.2) is 0 Å². The molecule has 0 spiro atoms. The second-order valence-corrected chi connectivity index (χ2v) is 6.86. The first-order valence-electron chi connectivity index (χ1n) is 8.52. The normalized spacial score (nSPS) is 25.9. The largest absolute Gasteiger partial charge is 0.340 e. The maximum Gasteiger partial charge on any atom is 0.222 e. The highest BCUT2D eigenvalue weighted by Gasteiger charge is 2.27. The minimum absolute atomic E-state index is 0.398. The van der Waals surface area contributed by atoms with Gasteiger partial charge in [-0.05, 0) is 57.0 Å². The fourth-order valence-electron chi connectivity index (χ4n) is 3.50. The first-order chi connectivity index (χ1) is 9.81. The van der Waals surface area contributed by atoms with Crippen LogP contribution in [0.2, 0.25) is 0 Å². The molecule has 0 aromatic rings. The van der Waals surface area contributed by atoms with E-state index >= 15 is 0 Å². The highest BCUT2D eigenvalue weighted by atomic mass is 16.2. The molecular weight excluding hydrogens is 250 g/mol. The summed E-state index contributed by atoms with van der Waals surface area (Å²) in [6.45, 7) is 7.65. The number of hydrogen-bond donors (Lipinski definition) is 1. The third kappa shape index (κ3) is 4.19. The van der Waals surface area contributed by atoms with Gasteiger partial charge in [0.05, 0.1) is 0 Å². The number of rotatable bonds is 5. The molecular formula is C16H29N3O. The van der Waals surface area contributed by atoms with E-state index in [1.54, 1.807) is 0 Å². The van der Waals surface area contributed by atoms with E-state index in [0.717, 1.165) is 63.9 Å². The molecule has 0 unspecified atom stereocenters. The lowest BCUT2D eigenvalue weighted by atomic mass is 9.93. The molecule has 3 fully saturated rings. The van der Waals surface area contributed by atoms with E-state index < -0.39 is 0 Å². The molecule has 3 rings (SSSR count). The Balaban J connectivity index is 1.33. The second kappa shape index (κ2) is 6.90. The molecule has 0 aromatic heterocycles. The number of carbonyl (C=O) groups is 1. The van der Waals surface area contributed by atoms with Crippen molar-refractivity contribution in [1.82, 2.24) is 15.1 Å². The fraction of sp³-hybridized carbons (Fsp3) is 0.938. The molecule has 4 heteroatoms. The van der Waals surface area contributed by atoms with Crippen LogP contribution in [-0.2, 0) is 4.79 Å². The van der Waals surface area contributed by atoms with Crippen LogP contribution in [0, 0.1) is 11.8 Å². The summed E-state index contributed by atoms with van der Waals surface area (Å²) in [6.07, 6.45) is 7.23. The van der Waals surface area contributed by atoms with E-state index in [2.05, 4.69) is 15.1 Å². The zero-order valence-electron chi connectivity index (χ0n) is 12.6. The molecule has 0 aromatic carbocycles. The third-order valence-electron chi connectivity index (χ3n) is 5.16. The van der Waals surface area contributed by atoms with Crippen LogP contribution in [0.3, 0.4) is 0 Å². The van der Waals surface area contributed by atoms with Crippen LogP contribution >= 0.6 is 0 Å². The zero-order valence-corrected chi connectivity index (χ0v) is 12.6. The van der Waals surface area contributed by atoms with Crippen LogP contribution in [0.5, 0.6) is 0 Å². The third-order valence-corrected chi connectivity index (χ3v) is 5.16. The first-order valence-corrected chi connectivity index (χ1v) is 8.52. The van der Waals surface area contributed by atoms with E-state index in [0.29, 0.717) is 5.91 Å². The van der Waals surface area contributed by atoms with E-state index in [-0.39, 0.29) is 0 Å². The van der Waals surface area contributed by atoms with Crippen molar-refractivity contribution in [3.63, 3.8) is 0 Å². The number of piperazine rings is 1. The van der Waals surface area contributed by atoms with Crippen LogP contribution < -0.4 is 5.32 Å². The molecule has 20 heavy (non-hydrogen) atoms. The van der Waals surface area contributed by atoms with Gasteiger partial charge in [0.2, 0.25) is 5.91 Å². The summed E-state index contributed by atoms with van der Waals surface area (Å²) in [5, 5.41) is 3.39. The molecule has 0 radical (unpaired) electrons. The highest BCUT2D eigenvalue weighted by Crippen LogP contribution is 2.30. The Labute approximate surface area is 122 Å². The van der Waals surface area contributed by atoms with E-state index in [1.807, 2.05) is 0 Å². The van der Waals surface area contributed by atoms with Crippen molar-refractivity contribution in [3.8, 4) is 0 Å². The topological polar surface area (TPSA) is 35.6 Å². The number of nitrogens with one attached hydrogen (secondary N) is 1. The first kappa shape index (κ1) is 14.3. The summed E-state index contributed by atoms with van der Waals surface area (Å²) >= 11 is 0. The van der Waals surface area contributed by atoms with Crippen LogP contribution in [0.4, 0.5) is 0 Å². The van der Waals surface area contributed by atoms with Gasteiger partial charge in [0.25, 0.3) is 0 Å². The average Bonchev–Trinajstić information content (AvgIpc) is 3.31. The molecule has 1 amide bonds. The van der Waals surface area contributed by atoms with E-state index in [4.69, 9.17) is 0 Å². The summed E-state index contributed by atoms with van der Waals surface area (Å²) < 4.78 is 0. The molecule has 0 bridgehead atoms. The zero-order chi connectivity index (χ0) is 13.8. The van der Waals surface area contributed by atoms with Crippen LogP contribution in [0.25, 0.3) is 0 Å². The minimum atomic E-state index is 0.398. The smallest absolute Gasteiger partial charge is 0.222 e. The van der Waals surface area contributed by atoms with Crippen LogP contribution in [0.15, 0.2) is 0 Å². The predicted molar refractivity (Wildman–Crippen MR) is 80.6 cm³/mol. The van der Waals surface area contributed by atoms with E-state index in [1.165, 1.54) is 32.2 Å². The Morgan fingerprint density at radius 1 is 0.950 bits per heavy atom. The van der Waals surface area contributed by atoms with Crippen molar-refractivity contribution in [2.75, 3.05) is 45.8 Å². The molecule has 3 aliphatic rings. The summed E-state index contributed by atoms with van der Waals surface area (Å²) in [5.41, 5.74) is 0. The van der Waals surface area contributed by atoms with Crippen molar-refractivity contribution >= 4 is 5.91 Å². The molecule has 1 aliphatic carbocycles. The summed E-state index contributed by atoms with van der Waals surface area (Å²) in [5.74, 6) is 2.14. The SMILES string of the molecule is O=C(CCC1CCNCC1)N1CCN(CC2CC2)CC1. The maximum atomic E-state index is 12.3. The lowest BCUT2D eigenvalue weighted by Crippen LogP contribution is -2.49. The quantitative estimate of drug-likeness (QED) is 0.824. The Kier molecular flexibility index (Phi) is 4.94. The van der Waals surface area contributed by atoms with Crippen molar-refractivity contribution in [2.24, 2.45) is 11.8 Å². The predicted octanol–water partition coefficient (Wildman–Crippen LogP) is 1.32. The van der Waals surface area contributed by atoms with Gasteiger partial charge in [-0.1, -0.05) is 0 Å². The van der Waals surface area contributed by atoms with Gasteiger partial charge < -0.3 is 10.2 Å². The minimum Gasteiger partial charge on any atom is -0.340 e. The number of amides is 1. The Bertz CT molecular complexity index is 316. The van der Waals surface area contributed by atoms with Gasteiger partial charge in [0.1, 0.15) is 0 Å². The van der Waals surface area contributed by atoms with Gasteiger partial charge in [0.15, 0.2) is 0 Å². The number of carbonyl (C=O) groups excluding carboxylic acids is 1. The Morgan fingerprint density at radius 3 is 2.30 bits per heavy atom. The summed E-state index contributed by atoms with van der Waals surface area (Å²) in [7, 11) is 0. The monoisotopic (exact) mass is 279 g/mol. The van der Waals surface area contributed by atoms with Gasteiger partial charge in [-0.15, -0.1) is 0 Å². The van der Waals surface area contributed by atoms with Gasteiger partial charge in [0, 0.05) is 39.1 Å². The molecule has 2 aliphatic heterocycles. The van der Waals surface area contributed by atoms with Crippen LogP contribution in [0.1, 0.15) is 38.5 Å². The van der Waals surface area contributed by atoms with Gasteiger partial charge in [-0.2, -0.15) is 0 Å². The summed E-state index contributed by atoms with van der Waals surface area (Å²) in [6, 6.07) is 0. The van der Waals surface area contributed by atoms with Crippen molar-refractivity contribution in [3.05, 3.63) is 0 Å². The lowest BCUT2D eigenvalue weighted by Gasteiger charge is -2.35. The standard InChI is InChI=1S/C16H29N3O/c20-16(4-3-14-5-7-17-8-6-14)19-11-9-18(10-12-19)13-15-1-2-15/h14-15,17H,1-13H2. The lowest BCUT2D eigenvalue weighted by molar-refractivity contribution is -0.133. The molecule has 0 atom stereocenters. The maximum absolute atomic E-state index is 12.3. The van der Waals surface area contributed by atoms with Crippen molar-refractivity contribution in [1.29, 1.82) is 0 Å². The number of hydrogen-bond acceptors (Lipinski definition) is 3. The highest BCUT2D eigenvalue weighted by molar-refractivity contribution is 5.76. The molecule has 2 saturated heterocycles. The van der Waals surface area contributed by atoms with Gasteiger partial charge in [-0.3, -0.25) is 9.69 Å². The molecule has 4 nitrogen and oxygen atoms in total. The number of piperidine rings is 1. The molecule has 114 valence electrons. The summed E-state index contributed by atoms with van der Waals surface area (Å²) in [4.78, 5) is 16.9. The molecule has 1 N–H and O–H groups in total. The van der Waals surface area contributed by atoms with Crippen molar-refractivity contribution in [2.45, 2.75) is 38.5 Å². The Morgan fingerprint density at radius 2 is 1.65 bits per heavy atom. The molecule has 1 saturated carbocycles. The fourth-order valence-corrected chi connectivity index (χ4v) is 3.50. The van der Waals surface area contributed by atoms with Crippen molar-refractivity contribution < 1.29 is 4.79 Å². The number of nitrogens with zero attached hydrogens (tertiary/aromatic N) is 2. The van der Waals surface area contributed by atoms with Gasteiger partial charge >= 0.3 is 0 Å². The Hall–Kier alpha value is -0.610. The average molecular weight is 279 g/mol. The van der Waals surface area contributed by atoms with Crippen LogP contribution in [-0.4, -0.2) is 61.5 Å².